The number of aromatic nitrogens is 1. The molecule has 0 radical (unpaired) electrons. The molecule has 0 saturated carbocycles. The molecule has 5 heteroatoms. The minimum atomic E-state index is -1.05. The van der Waals surface area contributed by atoms with Gasteiger partial charge in [-0.15, -0.1) is 0 Å². The number of carboxylic acid groups (broad SMARTS) is 1. The highest BCUT2D eigenvalue weighted by atomic mass is 16.4. The van der Waals surface area contributed by atoms with Gasteiger partial charge in [-0.05, 0) is 18.3 Å². The summed E-state index contributed by atoms with van der Waals surface area (Å²) in [5, 5.41) is 8.74. The van der Waals surface area contributed by atoms with Crippen LogP contribution in [0.2, 0.25) is 0 Å². The number of oxazole rings is 1. The molecule has 0 amide bonds. The predicted octanol–water partition coefficient (Wildman–Crippen LogP) is 2.00. The van der Waals surface area contributed by atoms with Crippen LogP contribution in [0.25, 0.3) is 0 Å². The predicted molar refractivity (Wildman–Crippen MR) is 58.7 cm³/mol. The lowest BCUT2D eigenvalue weighted by Gasteiger charge is -2.35. The fourth-order valence-corrected chi connectivity index (χ4v) is 1.81. The second-order valence-electron chi connectivity index (χ2n) is 4.97. The minimum absolute atomic E-state index is 0.0279. The number of piperidine rings is 1. The van der Waals surface area contributed by atoms with Gasteiger partial charge in [-0.2, -0.15) is 4.98 Å². The van der Waals surface area contributed by atoms with Crippen LogP contribution in [0.4, 0.5) is 6.01 Å². The minimum Gasteiger partial charge on any atom is -0.476 e. The number of aromatic carboxylic acids is 1. The second-order valence-corrected chi connectivity index (χ2v) is 4.97. The molecular weight excluding hydrogens is 208 g/mol. The Morgan fingerprint density at radius 2 is 2.12 bits per heavy atom. The molecule has 2 rings (SSSR count). The van der Waals surface area contributed by atoms with Crippen molar-refractivity contribution in [3.05, 3.63) is 12.0 Å². The smallest absolute Gasteiger partial charge is 0.357 e. The lowest BCUT2D eigenvalue weighted by atomic mass is 9.83. The summed E-state index contributed by atoms with van der Waals surface area (Å²) in [6.45, 7) is 6.21. The van der Waals surface area contributed by atoms with Gasteiger partial charge in [-0.1, -0.05) is 13.8 Å². The van der Waals surface area contributed by atoms with Gasteiger partial charge in [0.15, 0.2) is 5.69 Å². The maximum atomic E-state index is 10.7. The highest BCUT2D eigenvalue weighted by molar-refractivity contribution is 5.85. The summed E-state index contributed by atoms with van der Waals surface area (Å²) in [5.74, 6) is -1.05. The molecule has 1 fully saturated rings. The van der Waals surface area contributed by atoms with E-state index >= 15 is 0 Å². The number of rotatable bonds is 2. The van der Waals surface area contributed by atoms with E-state index in [0.717, 1.165) is 25.9 Å². The van der Waals surface area contributed by atoms with Crippen LogP contribution in [-0.2, 0) is 0 Å². The molecule has 0 aromatic carbocycles. The van der Waals surface area contributed by atoms with E-state index in [4.69, 9.17) is 9.52 Å². The number of anilines is 1. The van der Waals surface area contributed by atoms with Crippen LogP contribution in [0, 0.1) is 5.41 Å². The lowest BCUT2D eigenvalue weighted by molar-refractivity contribution is 0.0690. The molecule has 0 atom stereocenters. The average molecular weight is 224 g/mol. The average Bonchev–Trinajstić information content (AvgIpc) is 2.66. The Balaban J connectivity index is 2.05. The summed E-state index contributed by atoms with van der Waals surface area (Å²) in [6, 6.07) is 0.424. The van der Waals surface area contributed by atoms with Crippen LogP contribution < -0.4 is 4.90 Å². The first-order valence-corrected chi connectivity index (χ1v) is 5.42. The second kappa shape index (κ2) is 3.81. The Morgan fingerprint density at radius 1 is 1.50 bits per heavy atom. The molecule has 0 aliphatic carbocycles. The first-order valence-electron chi connectivity index (χ1n) is 5.42. The third kappa shape index (κ3) is 2.18. The molecule has 1 N–H and O–H groups in total. The largest absolute Gasteiger partial charge is 0.476 e. The molecule has 1 aliphatic heterocycles. The van der Waals surface area contributed by atoms with Gasteiger partial charge in [0.25, 0.3) is 6.01 Å². The van der Waals surface area contributed by atoms with Crippen LogP contribution in [0.3, 0.4) is 0 Å². The van der Waals surface area contributed by atoms with E-state index in [0.29, 0.717) is 11.4 Å². The van der Waals surface area contributed by atoms with Crippen molar-refractivity contribution in [1.29, 1.82) is 0 Å². The number of carbonyl (C=O) groups is 1. The topological polar surface area (TPSA) is 66.6 Å². The van der Waals surface area contributed by atoms with E-state index in [1.54, 1.807) is 0 Å². The van der Waals surface area contributed by atoms with Gasteiger partial charge in [0.05, 0.1) is 0 Å². The summed E-state index contributed by atoms with van der Waals surface area (Å²) in [7, 11) is 0. The van der Waals surface area contributed by atoms with Gasteiger partial charge in [-0.3, -0.25) is 0 Å². The summed E-state index contributed by atoms with van der Waals surface area (Å²) in [5.41, 5.74) is 0.332. The maximum absolute atomic E-state index is 10.7. The fourth-order valence-electron chi connectivity index (χ4n) is 1.81. The van der Waals surface area contributed by atoms with E-state index in [1.807, 2.05) is 4.90 Å². The van der Waals surface area contributed by atoms with Crippen molar-refractivity contribution in [2.75, 3.05) is 18.0 Å². The Kier molecular flexibility index (Phi) is 2.61. The van der Waals surface area contributed by atoms with Crippen molar-refractivity contribution in [1.82, 2.24) is 4.98 Å². The third-order valence-electron chi connectivity index (χ3n) is 3.10. The van der Waals surface area contributed by atoms with Gasteiger partial charge < -0.3 is 14.4 Å². The normalized spacial score (nSPS) is 19.8. The van der Waals surface area contributed by atoms with Crippen LogP contribution in [0.15, 0.2) is 10.7 Å². The van der Waals surface area contributed by atoms with Crippen molar-refractivity contribution in [2.24, 2.45) is 5.41 Å². The molecule has 2 heterocycles. The Labute approximate surface area is 94.1 Å². The molecule has 0 spiro atoms. The van der Waals surface area contributed by atoms with Crippen molar-refractivity contribution in [2.45, 2.75) is 26.7 Å². The number of carboxylic acids is 1. The molecule has 1 saturated heterocycles. The Bertz CT molecular complexity index is 388. The zero-order valence-corrected chi connectivity index (χ0v) is 9.56. The van der Waals surface area contributed by atoms with Gasteiger partial charge in [0, 0.05) is 13.1 Å². The summed E-state index contributed by atoms with van der Waals surface area (Å²) >= 11 is 0. The van der Waals surface area contributed by atoms with Crippen molar-refractivity contribution >= 4 is 12.0 Å². The monoisotopic (exact) mass is 224 g/mol. The van der Waals surface area contributed by atoms with Gasteiger partial charge in [-0.25, -0.2) is 4.79 Å². The number of nitrogens with zero attached hydrogens (tertiary/aromatic N) is 2. The lowest BCUT2D eigenvalue weighted by Crippen LogP contribution is -2.37. The van der Waals surface area contributed by atoms with Crippen molar-refractivity contribution < 1.29 is 14.3 Å². The van der Waals surface area contributed by atoms with Crippen molar-refractivity contribution in [3.63, 3.8) is 0 Å². The molecule has 1 aliphatic rings. The summed E-state index contributed by atoms with van der Waals surface area (Å²) in [6.07, 6.45) is 3.33. The van der Waals surface area contributed by atoms with Crippen LogP contribution >= 0.6 is 0 Å². The van der Waals surface area contributed by atoms with Crippen molar-refractivity contribution in [3.8, 4) is 0 Å². The van der Waals surface area contributed by atoms with Gasteiger partial charge >= 0.3 is 5.97 Å². The molecule has 1 aromatic heterocycles. The summed E-state index contributed by atoms with van der Waals surface area (Å²) < 4.78 is 5.17. The van der Waals surface area contributed by atoms with Gasteiger partial charge in [0.2, 0.25) is 0 Å². The van der Waals surface area contributed by atoms with Crippen LogP contribution in [0.5, 0.6) is 0 Å². The van der Waals surface area contributed by atoms with Crippen LogP contribution in [0.1, 0.15) is 37.2 Å². The van der Waals surface area contributed by atoms with E-state index in [1.165, 1.54) is 6.26 Å². The zero-order valence-electron chi connectivity index (χ0n) is 9.56. The molecule has 0 unspecified atom stereocenters. The van der Waals surface area contributed by atoms with Crippen LogP contribution in [-0.4, -0.2) is 29.1 Å². The first kappa shape index (κ1) is 11.0. The molecular formula is C11H16N2O3. The Morgan fingerprint density at radius 3 is 2.62 bits per heavy atom. The maximum Gasteiger partial charge on any atom is 0.357 e. The molecule has 16 heavy (non-hydrogen) atoms. The highest BCUT2D eigenvalue weighted by Gasteiger charge is 2.27. The Hall–Kier alpha value is -1.52. The fraction of sp³-hybridized carbons (Fsp3) is 0.636. The first-order chi connectivity index (χ1) is 7.48. The summed E-state index contributed by atoms with van der Waals surface area (Å²) in [4.78, 5) is 16.6. The quantitative estimate of drug-likeness (QED) is 0.832. The molecule has 0 bridgehead atoms. The zero-order chi connectivity index (χ0) is 11.8. The highest BCUT2D eigenvalue weighted by Crippen LogP contribution is 2.31. The third-order valence-corrected chi connectivity index (χ3v) is 3.10. The molecule has 88 valence electrons. The van der Waals surface area contributed by atoms with Gasteiger partial charge in [0.1, 0.15) is 6.26 Å². The van der Waals surface area contributed by atoms with E-state index < -0.39 is 5.97 Å². The number of hydrogen-bond donors (Lipinski definition) is 1. The van der Waals surface area contributed by atoms with E-state index in [9.17, 15) is 4.79 Å². The SMILES string of the molecule is CC1(C)CCN(c2nc(C(=O)O)co2)CC1. The standard InChI is InChI=1S/C11H16N2O3/c1-11(2)3-5-13(6-4-11)10-12-8(7-16-10)9(14)15/h7H,3-6H2,1-2H3,(H,14,15). The molecule has 1 aromatic rings. The molecule has 5 nitrogen and oxygen atoms in total. The van der Waals surface area contributed by atoms with E-state index in [-0.39, 0.29) is 5.69 Å². The van der Waals surface area contributed by atoms with E-state index in [2.05, 4.69) is 18.8 Å². The number of hydrogen-bond acceptors (Lipinski definition) is 4.